The van der Waals surface area contributed by atoms with E-state index in [9.17, 15) is 4.79 Å². The summed E-state index contributed by atoms with van der Waals surface area (Å²) in [6, 6.07) is 0.135. The van der Waals surface area contributed by atoms with E-state index in [2.05, 4.69) is 15.6 Å². The highest BCUT2D eigenvalue weighted by atomic mass is 16.2. The fraction of sp³-hybridized carbons (Fsp3) is 0.824. The SMILES string of the molecule is O=C(NCC1CC2CCC1C2)N1CCCC(Cn2ccnn2)C1. The van der Waals surface area contributed by atoms with Gasteiger partial charge in [-0.3, -0.25) is 4.68 Å². The molecule has 3 aliphatic rings. The normalized spacial score (nSPS) is 33.1. The fourth-order valence-electron chi connectivity index (χ4n) is 4.95. The van der Waals surface area contributed by atoms with Gasteiger partial charge in [0.2, 0.25) is 0 Å². The van der Waals surface area contributed by atoms with Crippen molar-refractivity contribution in [3.63, 3.8) is 0 Å². The predicted molar refractivity (Wildman–Crippen MR) is 86.7 cm³/mol. The van der Waals surface area contributed by atoms with Crippen molar-refractivity contribution in [3.05, 3.63) is 12.4 Å². The molecule has 6 heteroatoms. The summed E-state index contributed by atoms with van der Waals surface area (Å²) in [6.45, 7) is 3.46. The van der Waals surface area contributed by atoms with Crippen molar-refractivity contribution in [3.8, 4) is 0 Å². The number of hydrogen-bond acceptors (Lipinski definition) is 3. The van der Waals surface area contributed by atoms with E-state index >= 15 is 0 Å². The number of nitrogens with one attached hydrogen (secondary N) is 1. The van der Waals surface area contributed by atoms with Crippen LogP contribution in [0.25, 0.3) is 0 Å². The number of likely N-dealkylation sites (tertiary alicyclic amines) is 1. The first kappa shape index (κ1) is 15.0. The molecule has 126 valence electrons. The quantitative estimate of drug-likeness (QED) is 0.925. The molecule has 4 atom stereocenters. The Morgan fingerprint density at radius 2 is 2.22 bits per heavy atom. The van der Waals surface area contributed by atoms with Gasteiger partial charge in [-0.2, -0.15) is 0 Å². The van der Waals surface area contributed by atoms with Gasteiger partial charge in [0.25, 0.3) is 0 Å². The first-order valence-electron chi connectivity index (χ1n) is 9.15. The van der Waals surface area contributed by atoms with Gasteiger partial charge in [-0.05, 0) is 55.8 Å². The minimum atomic E-state index is 0.135. The molecular formula is C17H27N5O. The summed E-state index contributed by atoms with van der Waals surface area (Å²) in [5.74, 6) is 3.04. The third-order valence-corrected chi connectivity index (χ3v) is 6.12. The summed E-state index contributed by atoms with van der Waals surface area (Å²) in [5, 5.41) is 11.1. The molecule has 4 unspecified atom stereocenters. The van der Waals surface area contributed by atoms with Gasteiger partial charge in [-0.25, -0.2) is 4.79 Å². The number of nitrogens with zero attached hydrogens (tertiary/aromatic N) is 4. The molecule has 2 bridgehead atoms. The van der Waals surface area contributed by atoms with Crippen molar-refractivity contribution in [2.24, 2.45) is 23.7 Å². The minimum absolute atomic E-state index is 0.135. The Hall–Kier alpha value is -1.59. The van der Waals surface area contributed by atoms with Crippen LogP contribution in [0.2, 0.25) is 0 Å². The predicted octanol–water partition coefficient (Wildman–Crippen LogP) is 2.14. The van der Waals surface area contributed by atoms with Crippen LogP contribution in [0.3, 0.4) is 0 Å². The van der Waals surface area contributed by atoms with E-state index in [1.807, 2.05) is 15.8 Å². The van der Waals surface area contributed by atoms with E-state index in [-0.39, 0.29) is 6.03 Å². The molecule has 1 saturated heterocycles. The molecule has 1 aliphatic heterocycles. The molecule has 1 N–H and O–H groups in total. The van der Waals surface area contributed by atoms with Crippen LogP contribution in [-0.4, -0.2) is 45.6 Å². The maximum Gasteiger partial charge on any atom is 0.317 e. The van der Waals surface area contributed by atoms with Crippen LogP contribution in [0.15, 0.2) is 12.4 Å². The second-order valence-electron chi connectivity index (χ2n) is 7.70. The Labute approximate surface area is 137 Å². The lowest BCUT2D eigenvalue weighted by atomic mass is 9.89. The first-order chi connectivity index (χ1) is 11.3. The molecule has 23 heavy (non-hydrogen) atoms. The molecule has 2 heterocycles. The zero-order chi connectivity index (χ0) is 15.6. The van der Waals surface area contributed by atoms with Crippen LogP contribution in [0.1, 0.15) is 38.5 Å². The van der Waals surface area contributed by atoms with Crippen molar-refractivity contribution in [2.45, 2.75) is 45.1 Å². The lowest BCUT2D eigenvalue weighted by molar-refractivity contribution is 0.154. The Morgan fingerprint density at radius 3 is 2.96 bits per heavy atom. The van der Waals surface area contributed by atoms with E-state index in [4.69, 9.17) is 0 Å². The summed E-state index contributed by atoms with van der Waals surface area (Å²) in [4.78, 5) is 14.5. The second kappa shape index (κ2) is 6.49. The van der Waals surface area contributed by atoms with Gasteiger partial charge in [0.1, 0.15) is 0 Å². The topological polar surface area (TPSA) is 63.1 Å². The third-order valence-electron chi connectivity index (χ3n) is 6.12. The van der Waals surface area contributed by atoms with Gasteiger partial charge < -0.3 is 10.2 Å². The van der Waals surface area contributed by atoms with E-state index in [1.165, 1.54) is 25.7 Å². The lowest BCUT2D eigenvalue weighted by Crippen LogP contribution is -2.47. The van der Waals surface area contributed by atoms with Crippen molar-refractivity contribution >= 4 is 6.03 Å². The van der Waals surface area contributed by atoms with Gasteiger partial charge in [0.05, 0.1) is 6.20 Å². The van der Waals surface area contributed by atoms with Gasteiger partial charge >= 0.3 is 6.03 Å². The Kier molecular flexibility index (Phi) is 4.23. The molecule has 4 rings (SSSR count). The number of aromatic nitrogens is 3. The van der Waals surface area contributed by atoms with Crippen molar-refractivity contribution in [2.75, 3.05) is 19.6 Å². The second-order valence-corrected chi connectivity index (χ2v) is 7.70. The summed E-state index contributed by atoms with van der Waals surface area (Å²) < 4.78 is 1.88. The molecule has 1 aromatic heterocycles. The molecule has 2 aliphatic carbocycles. The number of piperidine rings is 1. The molecule has 2 amide bonds. The zero-order valence-electron chi connectivity index (χ0n) is 13.7. The van der Waals surface area contributed by atoms with E-state index in [0.717, 1.165) is 56.8 Å². The number of urea groups is 1. The summed E-state index contributed by atoms with van der Waals surface area (Å²) in [6.07, 6.45) is 11.4. The Balaban J connectivity index is 1.24. The monoisotopic (exact) mass is 317 g/mol. The van der Waals surface area contributed by atoms with Crippen LogP contribution in [0.5, 0.6) is 0 Å². The largest absolute Gasteiger partial charge is 0.338 e. The van der Waals surface area contributed by atoms with Gasteiger partial charge in [-0.15, -0.1) is 5.10 Å². The van der Waals surface area contributed by atoms with Crippen LogP contribution in [-0.2, 0) is 6.54 Å². The maximum atomic E-state index is 12.5. The van der Waals surface area contributed by atoms with Gasteiger partial charge in [0.15, 0.2) is 0 Å². The molecule has 2 saturated carbocycles. The van der Waals surface area contributed by atoms with Gasteiger partial charge in [-0.1, -0.05) is 11.6 Å². The molecule has 0 radical (unpaired) electrons. The zero-order valence-corrected chi connectivity index (χ0v) is 13.7. The highest BCUT2D eigenvalue weighted by Gasteiger charge is 2.39. The number of fused-ring (bicyclic) bond motifs is 2. The first-order valence-corrected chi connectivity index (χ1v) is 9.15. The van der Waals surface area contributed by atoms with E-state index < -0.39 is 0 Å². The Morgan fingerprint density at radius 1 is 1.26 bits per heavy atom. The van der Waals surface area contributed by atoms with Crippen molar-refractivity contribution < 1.29 is 4.79 Å². The van der Waals surface area contributed by atoms with E-state index in [1.54, 1.807) is 6.20 Å². The van der Waals surface area contributed by atoms with Crippen LogP contribution < -0.4 is 5.32 Å². The summed E-state index contributed by atoms with van der Waals surface area (Å²) in [5.41, 5.74) is 0. The fourth-order valence-corrected chi connectivity index (χ4v) is 4.95. The molecule has 1 aromatic rings. The highest BCUT2D eigenvalue weighted by Crippen LogP contribution is 2.47. The molecule has 3 fully saturated rings. The van der Waals surface area contributed by atoms with Crippen LogP contribution in [0, 0.1) is 23.7 Å². The maximum absolute atomic E-state index is 12.5. The molecule has 6 nitrogen and oxygen atoms in total. The van der Waals surface area contributed by atoms with Crippen LogP contribution in [0.4, 0.5) is 4.79 Å². The van der Waals surface area contributed by atoms with E-state index in [0.29, 0.717) is 5.92 Å². The summed E-state index contributed by atoms with van der Waals surface area (Å²) >= 11 is 0. The third kappa shape index (κ3) is 3.35. The molecule has 0 spiro atoms. The van der Waals surface area contributed by atoms with Gasteiger partial charge in [0, 0.05) is 32.4 Å². The number of amides is 2. The minimum Gasteiger partial charge on any atom is -0.338 e. The van der Waals surface area contributed by atoms with Crippen molar-refractivity contribution in [1.29, 1.82) is 0 Å². The van der Waals surface area contributed by atoms with Crippen molar-refractivity contribution in [1.82, 2.24) is 25.2 Å². The van der Waals surface area contributed by atoms with Crippen LogP contribution >= 0.6 is 0 Å². The number of rotatable bonds is 4. The molecular weight excluding hydrogens is 290 g/mol. The average molecular weight is 317 g/mol. The molecule has 0 aromatic carbocycles. The number of carbonyl (C=O) groups excluding carboxylic acids is 1. The number of hydrogen-bond donors (Lipinski definition) is 1. The Bertz CT molecular complexity index is 531. The highest BCUT2D eigenvalue weighted by molar-refractivity contribution is 5.74. The lowest BCUT2D eigenvalue weighted by Gasteiger charge is -2.33. The standard InChI is InChI=1S/C17H27N5O/c23-17(18-10-16-9-13-3-4-15(16)8-13)21-6-1-2-14(11-21)12-22-7-5-19-20-22/h5,7,13-16H,1-4,6,8-12H2,(H,18,23). The number of carbonyl (C=O) groups is 1. The average Bonchev–Trinajstić information content (AvgIpc) is 3.30. The smallest absolute Gasteiger partial charge is 0.317 e. The summed E-state index contributed by atoms with van der Waals surface area (Å²) in [7, 11) is 0.